The van der Waals surface area contributed by atoms with Gasteiger partial charge in [-0.2, -0.15) is 0 Å². The maximum absolute atomic E-state index is 12.2. The van der Waals surface area contributed by atoms with E-state index in [9.17, 15) is 14.7 Å². The van der Waals surface area contributed by atoms with Gasteiger partial charge < -0.3 is 10.4 Å². The number of likely N-dealkylation sites (tertiary alicyclic amines) is 1. The predicted molar refractivity (Wildman–Crippen MR) is 91.4 cm³/mol. The van der Waals surface area contributed by atoms with Crippen molar-refractivity contribution in [1.29, 1.82) is 0 Å². The summed E-state index contributed by atoms with van der Waals surface area (Å²) in [5, 5.41) is 12.7. The van der Waals surface area contributed by atoms with Gasteiger partial charge in [-0.3, -0.25) is 14.5 Å². The van der Waals surface area contributed by atoms with Gasteiger partial charge in [0.15, 0.2) is 0 Å². The topological polar surface area (TPSA) is 69.6 Å². The molecule has 2 N–H and O–H groups in total. The van der Waals surface area contributed by atoms with Crippen molar-refractivity contribution in [3.05, 3.63) is 35.9 Å². The first-order valence-corrected chi connectivity index (χ1v) is 8.84. The number of carboxylic acids is 1. The Balaban J connectivity index is 1.52. The number of aliphatic carboxylic acids is 1. The second-order valence-electron chi connectivity index (χ2n) is 7.31. The Labute approximate surface area is 143 Å². The van der Waals surface area contributed by atoms with Crippen LogP contribution in [0.4, 0.5) is 0 Å². The molecule has 1 heterocycles. The number of rotatable bonds is 7. The molecule has 1 amide bonds. The highest BCUT2D eigenvalue weighted by Gasteiger charge is 2.45. The molecule has 0 unspecified atom stereocenters. The molecular weight excluding hydrogens is 304 g/mol. The van der Waals surface area contributed by atoms with E-state index in [4.69, 9.17) is 0 Å². The summed E-state index contributed by atoms with van der Waals surface area (Å²) >= 11 is 0. The van der Waals surface area contributed by atoms with Gasteiger partial charge in [0.05, 0.1) is 12.0 Å². The van der Waals surface area contributed by atoms with E-state index in [2.05, 4.69) is 5.32 Å². The molecule has 0 spiro atoms. The Morgan fingerprint density at radius 1 is 1.25 bits per heavy atom. The van der Waals surface area contributed by atoms with Crippen molar-refractivity contribution >= 4 is 11.9 Å². The Bertz CT molecular complexity index is 586. The molecule has 24 heavy (non-hydrogen) atoms. The fourth-order valence-electron chi connectivity index (χ4n) is 3.72. The van der Waals surface area contributed by atoms with Crippen molar-refractivity contribution in [2.45, 2.75) is 38.6 Å². The number of nitrogens with one attached hydrogen (secondary N) is 1. The number of carboxylic acid groups (broad SMARTS) is 1. The number of piperidine rings is 1. The van der Waals surface area contributed by atoms with Crippen LogP contribution in [0.15, 0.2) is 30.3 Å². The smallest absolute Gasteiger partial charge is 0.310 e. The monoisotopic (exact) mass is 330 g/mol. The van der Waals surface area contributed by atoms with Gasteiger partial charge in [0.25, 0.3) is 0 Å². The standard InChI is InChI=1S/C19H26N2O3/c22-17(20-12-16-5-2-1-3-6-16)13-21-10-4-9-19(14-21,18(23)24)11-15-7-8-15/h1-3,5-6,15H,4,7-14H2,(H,20,22)(H,23,24)/t19-/m0/s1. The third-order valence-corrected chi connectivity index (χ3v) is 5.19. The summed E-state index contributed by atoms with van der Waals surface area (Å²) in [6.07, 6.45) is 4.68. The number of amides is 1. The average molecular weight is 330 g/mol. The van der Waals surface area contributed by atoms with Crippen LogP contribution in [0.2, 0.25) is 0 Å². The molecule has 2 fully saturated rings. The van der Waals surface area contributed by atoms with Crippen LogP contribution in [0.3, 0.4) is 0 Å². The molecule has 3 rings (SSSR count). The molecule has 0 radical (unpaired) electrons. The third-order valence-electron chi connectivity index (χ3n) is 5.19. The van der Waals surface area contributed by atoms with E-state index in [1.165, 1.54) is 0 Å². The molecule has 5 heteroatoms. The van der Waals surface area contributed by atoms with Crippen molar-refractivity contribution in [2.75, 3.05) is 19.6 Å². The summed E-state index contributed by atoms with van der Waals surface area (Å²) in [6, 6.07) is 9.80. The lowest BCUT2D eigenvalue weighted by atomic mass is 9.75. The summed E-state index contributed by atoms with van der Waals surface area (Å²) in [5.74, 6) is -0.150. The van der Waals surface area contributed by atoms with Crippen LogP contribution < -0.4 is 5.32 Å². The minimum atomic E-state index is -0.691. The molecule has 1 aromatic carbocycles. The van der Waals surface area contributed by atoms with Crippen molar-refractivity contribution in [2.24, 2.45) is 11.3 Å². The first-order valence-electron chi connectivity index (χ1n) is 8.84. The molecule has 1 saturated carbocycles. The number of nitrogens with zero attached hydrogens (tertiary/aromatic N) is 1. The van der Waals surface area contributed by atoms with Gasteiger partial charge in [0.1, 0.15) is 0 Å². The van der Waals surface area contributed by atoms with Crippen LogP contribution in [-0.2, 0) is 16.1 Å². The molecule has 130 valence electrons. The van der Waals surface area contributed by atoms with Gasteiger partial charge in [-0.1, -0.05) is 43.2 Å². The van der Waals surface area contributed by atoms with Crippen molar-refractivity contribution in [1.82, 2.24) is 10.2 Å². The Kier molecular flexibility index (Phi) is 5.19. The zero-order chi connectivity index (χ0) is 17.0. The number of benzene rings is 1. The molecule has 1 aliphatic carbocycles. The maximum Gasteiger partial charge on any atom is 0.310 e. The minimum absolute atomic E-state index is 0.0357. The first-order chi connectivity index (χ1) is 11.6. The maximum atomic E-state index is 12.2. The average Bonchev–Trinajstić information content (AvgIpc) is 3.38. The summed E-state index contributed by atoms with van der Waals surface area (Å²) < 4.78 is 0. The highest BCUT2D eigenvalue weighted by Crippen LogP contribution is 2.44. The van der Waals surface area contributed by atoms with Gasteiger partial charge >= 0.3 is 5.97 Å². The van der Waals surface area contributed by atoms with E-state index < -0.39 is 11.4 Å². The Morgan fingerprint density at radius 3 is 2.67 bits per heavy atom. The van der Waals surface area contributed by atoms with E-state index in [-0.39, 0.29) is 12.5 Å². The van der Waals surface area contributed by atoms with Gasteiger partial charge in [-0.25, -0.2) is 0 Å². The lowest BCUT2D eigenvalue weighted by molar-refractivity contribution is -0.154. The molecule has 1 aromatic rings. The quantitative estimate of drug-likeness (QED) is 0.805. The van der Waals surface area contributed by atoms with Crippen molar-refractivity contribution < 1.29 is 14.7 Å². The molecule has 1 saturated heterocycles. The third kappa shape index (κ3) is 4.35. The van der Waals surface area contributed by atoms with E-state index >= 15 is 0 Å². The summed E-state index contributed by atoms with van der Waals surface area (Å²) in [6.45, 7) is 2.10. The zero-order valence-electron chi connectivity index (χ0n) is 14.0. The molecule has 1 atom stereocenters. The summed E-state index contributed by atoms with van der Waals surface area (Å²) in [7, 11) is 0. The number of carbonyl (C=O) groups is 2. The summed E-state index contributed by atoms with van der Waals surface area (Å²) in [5.41, 5.74) is 0.414. The predicted octanol–water partition coefficient (Wildman–Crippen LogP) is 2.27. The highest BCUT2D eigenvalue weighted by atomic mass is 16.4. The number of hydrogen-bond donors (Lipinski definition) is 2. The second kappa shape index (κ2) is 7.34. The van der Waals surface area contributed by atoms with E-state index in [0.717, 1.165) is 44.2 Å². The first kappa shape index (κ1) is 17.0. The van der Waals surface area contributed by atoms with E-state index in [1.807, 2.05) is 35.2 Å². The van der Waals surface area contributed by atoms with E-state index in [1.54, 1.807) is 0 Å². The minimum Gasteiger partial charge on any atom is -0.481 e. The lowest BCUT2D eigenvalue weighted by Gasteiger charge is -2.39. The van der Waals surface area contributed by atoms with Crippen LogP contribution >= 0.6 is 0 Å². The van der Waals surface area contributed by atoms with Gasteiger partial charge in [0.2, 0.25) is 5.91 Å². The largest absolute Gasteiger partial charge is 0.481 e. The van der Waals surface area contributed by atoms with Crippen molar-refractivity contribution in [3.63, 3.8) is 0 Å². The molecule has 2 aliphatic rings. The number of hydrogen-bond acceptors (Lipinski definition) is 3. The molecule has 1 aliphatic heterocycles. The van der Waals surface area contributed by atoms with Gasteiger partial charge in [-0.15, -0.1) is 0 Å². The highest BCUT2D eigenvalue weighted by molar-refractivity contribution is 5.78. The van der Waals surface area contributed by atoms with Crippen LogP contribution in [0.1, 0.15) is 37.7 Å². The molecule has 5 nitrogen and oxygen atoms in total. The lowest BCUT2D eigenvalue weighted by Crippen LogP contribution is -2.50. The Hall–Kier alpha value is -1.88. The van der Waals surface area contributed by atoms with Gasteiger partial charge in [0, 0.05) is 13.1 Å². The van der Waals surface area contributed by atoms with Crippen LogP contribution in [-0.4, -0.2) is 41.5 Å². The van der Waals surface area contributed by atoms with Gasteiger partial charge in [-0.05, 0) is 37.3 Å². The van der Waals surface area contributed by atoms with Crippen LogP contribution in [0, 0.1) is 11.3 Å². The number of carbonyl (C=O) groups excluding carboxylic acids is 1. The second-order valence-corrected chi connectivity index (χ2v) is 7.31. The zero-order valence-corrected chi connectivity index (χ0v) is 14.0. The fraction of sp³-hybridized carbons (Fsp3) is 0.579. The molecule has 0 bridgehead atoms. The SMILES string of the molecule is O=C(CN1CCC[C@@](CC2CC2)(C(=O)O)C1)NCc1ccccc1. The fourth-order valence-corrected chi connectivity index (χ4v) is 3.72. The molecular formula is C19H26N2O3. The van der Waals surface area contributed by atoms with E-state index in [0.29, 0.717) is 19.0 Å². The van der Waals surface area contributed by atoms with Crippen molar-refractivity contribution in [3.8, 4) is 0 Å². The van der Waals surface area contributed by atoms with Crippen LogP contribution in [0.5, 0.6) is 0 Å². The normalized spacial score (nSPS) is 24.5. The Morgan fingerprint density at radius 2 is 2.00 bits per heavy atom. The van der Waals surface area contributed by atoms with Crippen LogP contribution in [0.25, 0.3) is 0 Å². The molecule has 0 aromatic heterocycles. The summed E-state index contributed by atoms with van der Waals surface area (Å²) in [4.78, 5) is 26.1.